The molecule has 2 aliphatic heterocycles. The number of hydrogen-bond acceptors (Lipinski definition) is 5. The molecule has 0 saturated carbocycles. The second-order valence-electron chi connectivity index (χ2n) is 10.2. The minimum absolute atomic E-state index is 0.0984. The Hall–Kier alpha value is -2.85. The Morgan fingerprint density at radius 2 is 1.97 bits per heavy atom. The maximum atomic E-state index is 12.8. The lowest BCUT2D eigenvalue weighted by Crippen LogP contribution is -2.33. The van der Waals surface area contributed by atoms with Crippen LogP contribution in [0.15, 0.2) is 30.3 Å². The number of amides is 2. The first kappa shape index (κ1) is 27.2. The van der Waals surface area contributed by atoms with Gasteiger partial charge in [-0.3, -0.25) is 0 Å². The average molecular weight is 521 g/mol. The molecule has 2 atom stereocenters. The lowest BCUT2D eigenvalue weighted by atomic mass is 9.92. The number of benzene rings is 1. The van der Waals surface area contributed by atoms with Gasteiger partial charge in [0, 0.05) is 56.6 Å². The zero-order valence-electron chi connectivity index (χ0n) is 21.3. The summed E-state index contributed by atoms with van der Waals surface area (Å²) in [7, 11) is 0. The molecule has 10 heteroatoms. The lowest BCUT2D eigenvalue weighted by molar-refractivity contribution is -0.143. The smallest absolute Gasteiger partial charge is 0.389 e. The number of halogens is 3. The van der Waals surface area contributed by atoms with E-state index < -0.39 is 30.7 Å². The highest BCUT2D eigenvalue weighted by atomic mass is 19.4. The number of aliphatic hydroxyl groups is 1. The predicted molar refractivity (Wildman–Crippen MR) is 137 cm³/mol. The molecule has 2 fully saturated rings. The number of anilines is 2. The Labute approximate surface area is 215 Å². The number of aliphatic hydroxyl groups excluding tert-OH is 1. The molecular weight excluding hydrogens is 485 g/mol. The van der Waals surface area contributed by atoms with Crippen LogP contribution in [0.3, 0.4) is 0 Å². The third-order valence-electron chi connectivity index (χ3n) is 6.96. The van der Waals surface area contributed by atoms with Gasteiger partial charge < -0.3 is 25.4 Å². The van der Waals surface area contributed by atoms with Gasteiger partial charge in [-0.15, -0.1) is 0 Å². The van der Waals surface area contributed by atoms with Crippen molar-refractivity contribution in [2.24, 2.45) is 5.92 Å². The van der Waals surface area contributed by atoms with Gasteiger partial charge in [-0.25, -0.2) is 9.78 Å². The summed E-state index contributed by atoms with van der Waals surface area (Å²) in [5, 5.41) is 15.8. The zero-order chi connectivity index (χ0) is 26.6. The number of aryl methyl sites for hydroxylation is 1. The van der Waals surface area contributed by atoms with Crippen LogP contribution in [0.2, 0.25) is 0 Å². The molecule has 0 radical (unpaired) electrons. The van der Waals surface area contributed by atoms with E-state index >= 15 is 0 Å². The van der Waals surface area contributed by atoms with Gasteiger partial charge in [-0.2, -0.15) is 13.2 Å². The molecule has 7 nitrogen and oxygen atoms in total. The highest BCUT2D eigenvalue weighted by Crippen LogP contribution is 2.34. The van der Waals surface area contributed by atoms with Crippen molar-refractivity contribution in [1.82, 2.24) is 9.88 Å². The quantitative estimate of drug-likeness (QED) is 0.446. The zero-order valence-corrected chi connectivity index (χ0v) is 21.3. The van der Waals surface area contributed by atoms with E-state index in [0.29, 0.717) is 44.2 Å². The lowest BCUT2D eigenvalue weighted by Gasteiger charge is -2.23. The van der Waals surface area contributed by atoms with Gasteiger partial charge in [0.15, 0.2) is 0 Å². The first-order valence-electron chi connectivity index (χ1n) is 12.8. The van der Waals surface area contributed by atoms with Crippen LogP contribution in [0, 0.1) is 12.8 Å². The molecule has 1 aromatic carbocycles. The molecule has 0 bridgehead atoms. The highest BCUT2D eigenvalue weighted by Gasteiger charge is 2.36. The third-order valence-corrected chi connectivity index (χ3v) is 6.96. The first-order valence-corrected chi connectivity index (χ1v) is 12.8. The summed E-state index contributed by atoms with van der Waals surface area (Å²) in [6.45, 7) is 5.84. The van der Waals surface area contributed by atoms with Crippen LogP contribution in [0.25, 0.3) is 11.1 Å². The van der Waals surface area contributed by atoms with Gasteiger partial charge >= 0.3 is 12.2 Å². The van der Waals surface area contributed by atoms with Crippen molar-refractivity contribution < 1.29 is 27.8 Å². The van der Waals surface area contributed by atoms with E-state index in [9.17, 15) is 23.1 Å². The van der Waals surface area contributed by atoms with Crippen LogP contribution in [0.4, 0.5) is 29.5 Å². The second-order valence-corrected chi connectivity index (χ2v) is 10.2. The van der Waals surface area contributed by atoms with Gasteiger partial charge in [0.2, 0.25) is 0 Å². The Morgan fingerprint density at radius 3 is 2.68 bits per heavy atom. The first-order chi connectivity index (χ1) is 17.6. The van der Waals surface area contributed by atoms with E-state index in [2.05, 4.69) is 16.7 Å². The third kappa shape index (κ3) is 7.58. The molecule has 0 aliphatic carbocycles. The molecule has 0 spiro atoms. The van der Waals surface area contributed by atoms with E-state index in [1.807, 2.05) is 25.1 Å². The molecule has 202 valence electrons. The van der Waals surface area contributed by atoms with Crippen LogP contribution < -0.4 is 10.6 Å². The number of hydrogen-bond donors (Lipinski definition) is 3. The largest absolute Gasteiger partial charge is 0.392 e. The number of carbonyl (C=O) groups excluding carboxylic acids is 1. The fourth-order valence-electron chi connectivity index (χ4n) is 4.98. The standard InChI is InChI=1S/C27H35F3N4O3/c1-17-3-4-22(32-26(36)34-8-5-19(16-34)14-27(28,29)30)13-23(17)21-11-24(20-6-9-37-10-7-20)33-25(12-21)31-15-18(2)35/h3-4,11-13,18-20,35H,5-10,14-16H2,1-2H3,(H,31,33)(H,32,36)/t18?,19-/m0/s1. The molecule has 2 aliphatic rings. The van der Waals surface area contributed by atoms with Crippen LogP contribution in [0.5, 0.6) is 0 Å². The number of pyridine rings is 1. The van der Waals surface area contributed by atoms with Crippen molar-refractivity contribution in [3.05, 3.63) is 41.6 Å². The number of alkyl halides is 3. The molecule has 3 heterocycles. The number of nitrogens with zero attached hydrogens (tertiary/aromatic N) is 2. The normalized spacial score (nSPS) is 19.6. The van der Waals surface area contributed by atoms with Gasteiger partial charge in [0.05, 0.1) is 6.10 Å². The molecule has 4 rings (SSSR count). The van der Waals surface area contributed by atoms with Gasteiger partial charge in [0.1, 0.15) is 5.82 Å². The van der Waals surface area contributed by atoms with Gasteiger partial charge in [0.25, 0.3) is 0 Å². The Kier molecular flexibility index (Phi) is 8.59. The fourth-order valence-corrected chi connectivity index (χ4v) is 4.98. The number of nitrogens with one attached hydrogen (secondary N) is 2. The maximum absolute atomic E-state index is 12.8. The number of aromatic nitrogens is 1. The Morgan fingerprint density at radius 1 is 1.22 bits per heavy atom. The van der Waals surface area contributed by atoms with E-state index in [4.69, 9.17) is 9.72 Å². The van der Waals surface area contributed by atoms with Crippen molar-refractivity contribution in [2.75, 3.05) is 43.5 Å². The summed E-state index contributed by atoms with van der Waals surface area (Å²) in [6.07, 6.45) is -3.51. The van der Waals surface area contributed by atoms with E-state index in [-0.39, 0.29) is 12.5 Å². The van der Waals surface area contributed by atoms with Crippen molar-refractivity contribution in [3.8, 4) is 11.1 Å². The highest BCUT2D eigenvalue weighted by molar-refractivity contribution is 5.90. The van der Waals surface area contributed by atoms with E-state index in [1.165, 1.54) is 4.90 Å². The summed E-state index contributed by atoms with van der Waals surface area (Å²) >= 11 is 0. The summed E-state index contributed by atoms with van der Waals surface area (Å²) in [5.41, 5.74) is 4.40. The minimum atomic E-state index is -4.22. The van der Waals surface area contributed by atoms with E-state index in [1.54, 1.807) is 13.0 Å². The number of carbonyl (C=O) groups is 1. The number of urea groups is 1. The summed E-state index contributed by atoms with van der Waals surface area (Å²) in [5.74, 6) is 0.373. The molecule has 1 unspecified atom stereocenters. The molecular formula is C27H35F3N4O3. The molecule has 37 heavy (non-hydrogen) atoms. The minimum Gasteiger partial charge on any atom is -0.392 e. The Bertz CT molecular complexity index is 1090. The summed E-state index contributed by atoms with van der Waals surface area (Å²) < 4.78 is 43.7. The van der Waals surface area contributed by atoms with Gasteiger partial charge in [-0.05, 0) is 80.0 Å². The fraction of sp³-hybridized carbons (Fsp3) is 0.556. The maximum Gasteiger partial charge on any atom is 0.389 e. The molecule has 2 amide bonds. The van der Waals surface area contributed by atoms with Crippen LogP contribution in [-0.2, 0) is 4.74 Å². The average Bonchev–Trinajstić information content (AvgIpc) is 3.31. The van der Waals surface area contributed by atoms with Crippen molar-refractivity contribution >= 4 is 17.5 Å². The topological polar surface area (TPSA) is 86.7 Å². The Balaban J connectivity index is 1.54. The van der Waals surface area contributed by atoms with Crippen molar-refractivity contribution in [1.29, 1.82) is 0 Å². The van der Waals surface area contributed by atoms with Crippen LogP contribution >= 0.6 is 0 Å². The van der Waals surface area contributed by atoms with E-state index in [0.717, 1.165) is 35.2 Å². The SMILES string of the molecule is Cc1ccc(NC(=O)N2CC[C@@H](CC(F)(F)F)C2)cc1-c1cc(NCC(C)O)nc(C2CCOCC2)c1. The van der Waals surface area contributed by atoms with Gasteiger partial charge in [-0.1, -0.05) is 6.07 Å². The number of likely N-dealkylation sites (tertiary alicyclic amines) is 1. The summed E-state index contributed by atoms with van der Waals surface area (Å²) in [6, 6.07) is 9.21. The molecule has 1 aromatic heterocycles. The molecule has 2 saturated heterocycles. The number of ether oxygens (including phenoxy) is 1. The number of rotatable bonds is 7. The van der Waals surface area contributed by atoms with Crippen LogP contribution in [0.1, 0.15) is 49.8 Å². The summed E-state index contributed by atoms with van der Waals surface area (Å²) in [4.78, 5) is 19.1. The molecule has 2 aromatic rings. The second kappa shape index (κ2) is 11.7. The van der Waals surface area contributed by atoms with Crippen molar-refractivity contribution in [2.45, 2.75) is 57.7 Å². The monoisotopic (exact) mass is 520 g/mol. The molecule has 3 N–H and O–H groups in total. The van der Waals surface area contributed by atoms with Crippen molar-refractivity contribution in [3.63, 3.8) is 0 Å². The predicted octanol–water partition coefficient (Wildman–Crippen LogP) is 5.55. The van der Waals surface area contributed by atoms with Crippen LogP contribution in [-0.4, -0.2) is 66.1 Å².